The number of nitro groups is 1. The SMILES string of the molecule is CCOC(=O)C1=C(C)N=c2s/c(=C\c3ccc(OC(=O)c4cccc([N+](=O)[O-])c4)cc3)c(=O)n2[C@H]1c1ccc(SC)cc1. The third-order valence-corrected chi connectivity index (χ3v) is 8.36. The molecule has 1 aromatic heterocycles. The first-order valence-corrected chi connectivity index (χ1v) is 15.1. The largest absolute Gasteiger partial charge is 0.463 e. The van der Waals surface area contributed by atoms with Crippen molar-refractivity contribution in [2.24, 2.45) is 4.99 Å². The van der Waals surface area contributed by atoms with Crippen LogP contribution >= 0.6 is 23.1 Å². The van der Waals surface area contributed by atoms with Gasteiger partial charge < -0.3 is 9.47 Å². The third kappa shape index (κ3) is 6.20. The highest BCUT2D eigenvalue weighted by atomic mass is 32.2. The topological polar surface area (TPSA) is 130 Å². The van der Waals surface area contributed by atoms with Gasteiger partial charge >= 0.3 is 11.9 Å². The van der Waals surface area contributed by atoms with E-state index in [0.29, 0.717) is 26.2 Å². The van der Waals surface area contributed by atoms with Crippen molar-refractivity contribution in [3.63, 3.8) is 0 Å². The molecule has 0 unspecified atom stereocenters. The van der Waals surface area contributed by atoms with Crippen LogP contribution in [0.5, 0.6) is 5.75 Å². The van der Waals surface area contributed by atoms with Crippen LogP contribution in [0.25, 0.3) is 6.08 Å². The van der Waals surface area contributed by atoms with Gasteiger partial charge in [-0.3, -0.25) is 19.5 Å². The van der Waals surface area contributed by atoms with Crippen LogP contribution in [0.1, 0.15) is 41.4 Å². The third-order valence-electron chi connectivity index (χ3n) is 6.63. The van der Waals surface area contributed by atoms with Gasteiger partial charge in [-0.1, -0.05) is 41.7 Å². The normalized spacial score (nSPS) is 14.6. The molecule has 0 fully saturated rings. The summed E-state index contributed by atoms with van der Waals surface area (Å²) in [6.45, 7) is 3.65. The van der Waals surface area contributed by atoms with Crippen LogP contribution in [0.15, 0.2) is 98.7 Å². The maximum absolute atomic E-state index is 13.8. The zero-order chi connectivity index (χ0) is 30.7. The van der Waals surface area contributed by atoms with Crippen molar-refractivity contribution >= 4 is 46.8 Å². The summed E-state index contributed by atoms with van der Waals surface area (Å²) >= 11 is 2.80. The Morgan fingerprint density at radius 3 is 2.47 bits per heavy atom. The molecule has 0 saturated carbocycles. The van der Waals surface area contributed by atoms with Crippen molar-refractivity contribution in [3.8, 4) is 5.75 Å². The molecule has 218 valence electrons. The number of carbonyl (C=O) groups is 2. The van der Waals surface area contributed by atoms with Gasteiger partial charge in [0.2, 0.25) is 0 Å². The Morgan fingerprint density at radius 1 is 1.09 bits per heavy atom. The van der Waals surface area contributed by atoms with E-state index in [-0.39, 0.29) is 29.2 Å². The van der Waals surface area contributed by atoms with E-state index in [9.17, 15) is 24.5 Å². The highest BCUT2D eigenvalue weighted by molar-refractivity contribution is 7.98. The molecule has 3 aromatic carbocycles. The zero-order valence-electron chi connectivity index (χ0n) is 23.3. The van der Waals surface area contributed by atoms with Crippen LogP contribution in [-0.4, -0.2) is 34.3 Å². The lowest BCUT2D eigenvalue weighted by Crippen LogP contribution is -2.39. The van der Waals surface area contributed by atoms with Crippen LogP contribution in [0.2, 0.25) is 0 Å². The van der Waals surface area contributed by atoms with Gasteiger partial charge in [0, 0.05) is 17.0 Å². The first kappa shape index (κ1) is 29.7. The number of carbonyl (C=O) groups excluding carboxylic acids is 2. The Hall–Kier alpha value is -4.81. The molecule has 5 rings (SSSR count). The number of rotatable bonds is 8. The van der Waals surface area contributed by atoms with E-state index in [1.165, 1.54) is 34.1 Å². The Labute approximate surface area is 253 Å². The number of hydrogen-bond donors (Lipinski definition) is 0. The van der Waals surface area contributed by atoms with Crippen LogP contribution in [-0.2, 0) is 9.53 Å². The molecule has 0 spiro atoms. The number of non-ortho nitro benzene ring substituents is 1. The van der Waals surface area contributed by atoms with Crippen molar-refractivity contribution < 1.29 is 24.0 Å². The number of esters is 2. The minimum atomic E-state index is -0.733. The standard InChI is InChI=1S/C31H25N3O7S2/c1-4-40-30(37)26-18(2)32-31-33(27(26)20-10-14-24(42-3)15-11-20)28(35)25(43-31)16-19-8-12-23(13-9-19)41-29(36)21-6-5-7-22(17-21)34(38)39/h5-17,27H,4H2,1-3H3/b25-16-/t27-/m0/s1. The summed E-state index contributed by atoms with van der Waals surface area (Å²) in [6.07, 6.45) is 3.67. The molecule has 10 nitrogen and oxygen atoms in total. The van der Waals surface area contributed by atoms with Gasteiger partial charge in [0.25, 0.3) is 11.2 Å². The molecule has 2 heterocycles. The number of nitrogens with zero attached hydrogens (tertiary/aromatic N) is 3. The van der Waals surface area contributed by atoms with Gasteiger partial charge in [0.15, 0.2) is 4.80 Å². The summed E-state index contributed by atoms with van der Waals surface area (Å²) in [5.74, 6) is -1.02. The van der Waals surface area contributed by atoms with E-state index in [4.69, 9.17) is 9.47 Å². The summed E-state index contributed by atoms with van der Waals surface area (Å²) < 4.78 is 12.6. The average molecular weight is 616 g/mol. The molecule has 0 radical (unpaired) electrons. The smallest absolute Gasteiger partial charge is 0.343 e. The van der Waals surface area contributed by atoms with Crippen molar-refractivity contribution in [2.75, 3.05) is 12.9 Å². The van der Waals surface area contributed by atoms with Gasteiger partial charge in [0.05, 0.1) is 38.9 Å². The monoisotopic (exact) mass is 615 g/mol. The summed E-state index contributed by atoms with van der Waals surface area (Å²) in [5, 5.41) is 11.0. The molecule has 0 bridgehead atoms. The number of hydrogen-bond acceptors (Lipinski definition) is 10. The van der Waals surface area contributed by atoms with E-state index in [1.54, 1.807) is 56.0 Å². The van der Waals surface area contributed by atoms with Crippen molar-refractivity contribution in [2.45, 2.75) is 24.8 Å². The predicted molar refractivity (Wildman–Crippen MR) is 163 cm³/mol. The molecule has 0 aliphatic carbocycles. The van der Waals surface area contributed by atoms with Crippen molar-refractivity contribution in [1.29, 1.82) is 0 Å². The van der Waals surface area contributed by atoms with Gasteiger partial charge in [-0.2, -0.15) is 0 Å². The van der Waals surface area contributed by atoms with Gasteiger partial charge in [-0.15, -0.1) is 11.8 Å². The number of nitro benzene ring substituents is 1. The fourth-order valence-corrected chi connectivity index (χ4v) is 6.04. The zero-order valence-corrected chi connectivity index (χ0v) is 24.9. The molecule has 1 atom stereocenters. The van der Waals surface area contributed by atoms with Gasteiger partial charge in [-0.25, -0.2) is 14.6 Å². The van der Waals surface area contributed by atoms with E-state index < -0.39 is 22.9 Å². The predicted octanol–water partition coefficient (Wildman–Crippen LogP) is 4.65. The quantitative estimate of drug-likeness (QED) is 0.0921. The second-order valence-corrected chi connectivity index (χ2v) is 11.2. The second-order valence-electron chi connectivity index (χ2n) is 9.34. The van der Waals surface area contributed by atoms with E-state index in [2.05, 4.69) is 4.99 Å². The summed E-state index contributed by atoms with van der Waals surface area (Å²) in [5.41, 5.74) is 1.76. The molecular formula is C31H25N3O7S2. The first-order valence-electron chi connectivity index (χ1n) is 13.1. The summed E-state index contributed by atoms with van der Waals surface area (Å²) in [6, 6.07) is 18.8. The number of aromatic nitrogens is 1. The molecule has 1 aliphatic rings. The molecule has 43 heavy (non-hydrogen) atoms. The Bertz CT molecular complexity index is 1940. The molecule has 12 heteroatoms. The summed E-state index contributed by atoms with van der Waals surface area (Å²) in [4.78, 5) is 55.9. The minimum Gasteiger partial charge on any atom is -0.463 e. The number of benzene rings is 3. The lowest BCUT2D eigenvalue weighted by Gasteiger charge is -2.24. The maximum atomic E-state index is 13.8. The molecule has 1 aliphatic heterocycles. The molecule has 0 amide bonds. The van der Waals surface area contributed by atoms with E-state index in [0.717, 1.165) is 16.5 Å². The van der Waals surface area contributed by atoms with Crippen LogP contribution in [0, 0.1) is 10.1 Å². The van der Waals surface area contributed by atoms with Gasteiger partial charge in [-0.05, 0) is 67.6 Å². The van der Waals surface area contributed by atoms with E-state index >= 15 is 0 Å². The number of thioether (sulfide) groups is 1. The molecule has 4 aromatic rings. The lowest BCUT2D eigenvalue weighted by atomic mass is 9.96. The number of allylic oxidation sites excluding steroid dienone is 1. The van der Waals surface area contributed by atoms with Gasteiger partial charge in [0.1, 0.15) is 5.75 Å². The van der Waals surface area contributed by atoms with Crippen LogP contribution in [0.3, 0.4) is 0 Å². The highest BCUT2D eigenvalue weighted by Gasteiger charge is 2.33. The van der Waals surface area contributed by atoms with E-state index in [1.807, 2.05) is 30.5 Å². The van der Waals surface area contributed by atoms with Crippen molar-refractivity contribution in [3.05, 3.63) is 131 Å². The Balaban J connectivity index is 1.48. The average Bonchev–Trinajstić information content (AvgIpc) is 3.31. The number of fused-ring (bicyclic) bond motifs is 1. The molecule has 0 N–H and O–H groups in total. The Morgan fingerprint density at radius 2 is 1.81 bits per heavy atom. The maximum Gasteiger partial charge on any atom is 0.343 e. The molecular weight excluding hydrogens is 590 g/mol. The van der Waals surface area contributed by atoms with Crippen LogP contribution in [0.4, 0.5) is 5.69 Å². The summed E-state index contributed by atoms with van der Waals surface area (Å²) in [7, 11) is 0. The number of thiazole rings is 1. The van der Waals surface area contributed by atoms with Crippen LogP contribution < -0.4 is 19.6 Å². The second kappa shape index (κ2) is 12.6. The fourth-order valence-electron chi connectivity index (χ4n) is 4.59. The lowest BCUT2D eigenvalue weighted by molar-refractivity contribution is -0.384. The minimum absolute atomic E-state index is 0.0505. The fraction of sp³-hybridized carbons (Fsp3) is 0.161. The number of ether oxygens (including phenoxy) is 2. The highest BCUT2D eigenvalue weighted by Crippen LogP contribution is 2.31. The first-order chi connectivity index (χ1) is 20.7. The Kier molecular flexibility index (Phi) is 8.69. The molecule has 0 saturated heterocycles. The van der Waals surface area contributed by atoms with Crippen molar-refractivity contribution in [1.82, 2.24) is 4.57 Å².